The van der Waals surface area contributed by atoms with Gasteiger partial charge in [0.1, 0.15) is 5.75 Å². The fourth-order valence-corrected chi connectivity index (χ4v) is 1.86. The predicted octanol–water partition coefficient (Wildman–Crippen LogP) is 1.36. The normalized spacial score (nSPS) is 11.4. The smallest absolute Gasteiger partial charge is 0.279 e. The maximum absolute atomic E-state index is 11.8. The first-order chi connectivity index (χ1) is 10.0. The Bertz CT molecular complexity index is 487. The van der Waals surface area contributed by atoms with Crippen LogP contribution in [0.3, 0.4) is 0 Å². The van der Waals surface area contributed by atoms with Crippen molar-refractivity contribution in [1.82, 2.24) is 16.2 Å². The van der Waals surface area contributed by atoms with Crippen LogP contribution in [-0.2, 0) is 9.53 Å². The van der Waals surface area contributed by atoms with Crippen molar-refractivity contribution in [2.75, 3.05) is 20.3 Å². The molecule has 1 atom stereocenters. The molecule has 0 fully saturated rings. The van der Waals surface area contributed by atoms with Gasteiger partial charge in [-0.25, -0.2) is 0 Å². The number of hydrogen-bond acceptors (Lipinski definition) is 4. The number of carbonyl (C=O) groups is 1. The number of thiocarbonyl (C=S) groups is 1. The summed E-state index contributed by atoms with van der Waals surface area (Å²) in [7, 11) is 1.60. The molecule has 0 bridgehead atoms. The minimum atomic E-state index is -0.659. The van der Waals surface area contributed by atoms with E-state index < -0.39 is 6.10 Å². The molecule has 3 N–H and O–H groups in total. The van der Waals surface area contributed by atoms with Gasteiger partial charge >= 0.3 is 0 Å². The monoisotopic (exact) mass is 375 g/mol. The molecule has 0 saturated carbocycles. The molecule has 0 aliphatic rings. The molecule has 0 unspecified atom stereocenters. The van der Waals surface area contributed by atoms with Gasteiger partial charge in [-0.05, 0) is 37.3 Å². The molecule has 1 amide bonds. The summed E-state index contributed by atoms with van der Waals surface area (Å²) in [5.74, 6) is 0.277. The molecular formula is C13H18BrN3O3S. The van der Waals surface area contributed by atoms with Crippen molar-refractivity contribution < 1.29 is 14.3 Å². The van der Waals surface area contributed by atoms with Gasteiger partial charge in [-0.3, -0.25) is 15.6 Å². The molecular weight excluding hydrogens is 358 g/mol. The summed E-state index contributed by atoms with van der Waals surface area (Å²) in [5, 5.41) is 3.18. The third kappa shape index (κ3) is 7.26. The Labute approximate surface area is 137 Å². The zero-order valence-electron chi connectivity index (χ0n) is 11.8. The standard InChI is InChI=1S/C13H18BrN3O3S/c1-9(20-11-5-3-4-10(14)8-11)12(18)16-17-13(21)15-6-7-19-2/h3-5,8-9H,6-7H2,1-2H3,(H,16,18)(H2,15,17,21)/t9-/m1/s1. The van der Waals surface area contributed by atoms with Crippen LogP contribution in [0.4, 0.5) is 0 Å². The van der Waals surface area contributed by atoms with Crippen LogP contribution in [0.1, 0.15) is 6.92 Å². The number of hydrazine groups is 1. The Kier molecular flexibility index (Phi) is 8.03. The van der Waals surface area contributed by atoms with Crippen molar-refractivity contribution in [2.45, 2.75) is 13.0 Å². The molecule has 0 aliphatic carbocycles. The fraction of sp³-hybridized carbons (Fsp3) is 0.385. The van der Waals surface area contributed by atoms with Crippen molar-refractivity contribution in [3.05, 3.63) is 28.7 Å². The van der Waals surface area contributed by atoms with E-state index in [1.807, 2.05) is 12.1 Å². The third-order valence-corrected chi connectivity index (χ3v) is 3.11. The fourth-order valence-electron chi connectivity index (χ4n) is 1.33. The molecule has 21 heavy (non-hydrogen) atoms. The van der Waals surface area contributed by atoms with Gasteiger partial charge in [0, 0.05) is 18.1 Å². The summed E-state index contributed by atoms with van der Waals surface area (Å²) in [6.45, 7) is 2.74. The molecule has 1 rings (SSSR count). The van der Waals surface area contributed by atoms with Gasteiger partial charge in [0.2, 0.25) is 0 Å². The van der Waals surface area contributed by atoms with Gasteiger partial charge < -0.3 is 14.8 Å². The maximum atomic E-state index is 11.8. The molecule has 1 aromatic rings. The van der Waals surface area contributed by atoms with Gasteiger partial charge in [-0.2, -0.15) is 0 Å². The molecule has 0 saturated heterocycles. The van der Waals surface area contributed by atoms with Crippen molar-refractivity contribution in [1.29, 1.82) is 0 Å². The Morgan fingerprint density at radius 1 is 1.43 bits per heavy atom. The summed E-state index contributed by atoms with van der Waals surface area (Å²) < 4.78 is 11.3. The van der Waals surface area contributed by atoms with E-state index in [2.05, 4.69) is 32.1 Å². The summed E-state index contributed by atoms with van der Waals surface area (Å²) >= 11 is 8.32. The SMILES string of the molecule is COCCNC(=S)NNC(=O)[C@@H](C)Oc1cccc(Br)c1. The van der Waals surface area contributed by atoms with Crippen LogP contribution in [0.2, 0.25) is 0 Å². The van der Waals surface area contributed by atoms with Gasteiger partial charge in [0.25, 0.3) is 5.91 Å². The first-order valence-corrected chi connectivity index (χ1v) is 7.48. The van der Waals surface area contributed by atoms with E-state index in [0.717, 1.165) is 4.47 Å². The highest BCUT2D eigenvalue weighted by atomic mass is 79.9. The van der Waals surface area contributed by atoms with Crippen LogP contribution in [-0.4, -0.2) is 37.4 Å². The van der Waals surface area contributed by atoms with E-state index in [1.54, 1.807) is 26.2 Å². The number of methoxy groups -OCH3 is 1. The van der Waals surface area contributed by atoms with E-state index in [1.165, 1.54) is 0 Å². The number of amides is 1. The summed E-state index contributed by atoms with van der Waals surface area (Å²) in [5.41, 5.74) is 5.07. The Morgan fingerprint density at radius 3 is 2.86 bits per heavy atom. The summed E-state index contributed by atoms with van der Waals surface area (Å²) in [6.07, 6.45) is -0.659. The molecule has 0 aliphatic heterocycles. The summed E-state index contributed by atoms with van der Waals surface area (Å²) in [4.78, 5) is 11.8. The lowest BCUT2D eigenvalue weighted by Crippen LogP contribution is -2.50. The van der Waals surface area contributed by atoms with Crippen LogP contribution in [0.15, 0.2) is 28.7 Å². The second-order valence-corrected chi connectivity index (χ2v) is 5.40. The quantitative estimate of drug-likeness (QED) is 0.396. The van der Waals surface area contributed by atoms with Crippen LogP contribution in [0.5, 0.6) is 5.75 Å². The van der Waals surface area contributed by atoms with Crippen LogP contribution < -0.4 is 20.9 Å². The lowest BCUT2D eigenvalue weighted by atomic mass is 10.3. The Morgan fingerprint density at radius 2 is 2.19 bits per heavy atom. The van der Waals surface area contributed by atoms with E-state index in [4.69, 9.17) is 21.7 Å². The molecule has 116 valence electrons. The number of ether oxygens (including phenoxy) is 2. The number of rotatable bonds is 6. The van der Waals surface area contributed by atoms with Gasteiger partial charge in [-0.15, -0.1) is 0 Å². The van der Waals surface area contributed by atoms with Crippen molar-refractivity contribution in [2.24, 2.45) is 0 Å². The van der Waals surface area contributed by atoms with Crippen LogP contribution >= 0.6 is 28.1 Å². The number of hydrogen-bond donors (Lipinski definition) is 3. The number of halogens is 1. The minimum absolute atomic E-state index is 0.315. The van der Waals surface area contributed by atoms with Crippen LogP contribution in [0.25, 0.3) is 0 Å². The molecule has 0 heterocycles. The van der Waals surface area contributed by atoms with E-state index in [9.17, 15) is 4.79 Å². The van der Waals surface area contributed by atoms with Crippen molar-refractivity contribution in [3.63, 3.8) is 0 Å². The second kappa shape index (κ2) is 9.54. The highest BCUT2D eigenvalue weighted by Gasteiger charge is 2.14. The average molecular weight is 376 g/mol. The van der Waals surface area contributed by atoms with Crippen molar-refractivity contribution in [3.8, 4) is 5.75 Å². The Hall–Kier alpha value is -1.38. The maximum Gasteiger partial charge on any atom is 0.279 e. The van der Waals surface area contributed by atoms with Crippen LogP contribution in [0, 0.1) is 0 Å². The lowest BCUT2D eigenvalue weighted by Gasteiger charge is -2.16. The number of nitrogens with one attached hydrogen (secondary N) is 3. The molecule has 8 heteroatoms. The number of carbonyl (C=O) groups excluding carboxylic acids is 1. The highest BCUT2D eigenvalue weighted by Crippen LogP contribution is 2.18. The van der Waals surface area contributed by atoms with Gasteiger partial charge in [0.15, 0.2) is 11.2 Å². The van der Waals surface area contributed by atoms with E-state index >= 15 is 0 Å². The summed E-state index contributed by atoms with van der Waals surface area (Å²) in [6, 6.07) is 7.27. The molecule has 1 aromatic carbocycles. The van der Waals surface area contributed by atoms with Crippen molar-refractivity contribution >= 4 is 39.2 Å². The minimum Gasteiger partial charge on any atom is -0.481 e. The predicted molar refractivity (Wildman–Crippen MR) is 88.0 cm³/mol. The lowest BCUT2D eigenvalue weighted by molar-refractivity contribution is -0.127. The van der Waals surface area contributed by atoms with Gasteiger partial charge in [0.05, 0.1) is 6.61 Å². The van der Waals surface area contributed by atoms with Gasteiger partial charge in [-0.1, -0.05) is 22.0 Å². The average Bonchev–Trinajstić information content (AvgIpc) is 2.45. The van der Waals surface area contributed by atoms with E-state index in [-0.39, 0.29) is 5.91 Å². The Balaban J connectivity index is 2.32. The first kappa shape index (κ1) is 17.7. The molecule has 0 radical (unpaired) electrons. The second-order valence-electron chi connectivity index (χ2n) is 4.08. The van der Waals surface area contributed by atoms with E-state index in [0.29, 0.717) is 24.0 Å². The molecule has 6 nitrogen and oxygen atoms in total. The molecule has 0 aromatic heterocycles. The largest absolute Gasteiger partial charge is 0.481 e. The topological polar surface area (TPSA) is 71.6 Å². The zero-order chi connectivity index (χ0) is 15.7. The zero-order valence-corrected chi connectivity index (χ0v) is 14.2. The third-order valence-electron chi connectivity index (χ3n) is 2.37. The highest BCUT2D eigenvalue weighted by molar-refractivity contribution is 9.10. The molecule has 0 spiro atoms. The first-order valence-electron chi connectivity index (χ1n) is 6.27. The number of benzene rings is 1.